The molecule has 1 aliphatic rings. The predicted octanol–water partition coefficient (Wildman–Crippen LogP) is 2.72. The molecule has 12 heteroatoms. The normalized spacial score (nSPS) is 17.1. The van der Waals surface area contributed by atoms with E-state index in [1.165, 1.54) is 13.0 Å². The van der Waals surface area contributed by atoms with Gasteiger partial charge in [-0.25, -0.2) is 8.78 Å². The van der Waals surface area contributed by atoms with Gasteiger partial charge in [-0.05, 0) is 12.3 Å². The van der Waals surface area contributed by atoms with Crippen LogP contribution in [0.2, 0.25) is 0 Å². The van der Waals surface area contributed by atoms with Gasteiger partial charge in [0.1, 0.15) is 11.4 Å². The lowest BCUT2D eigenvalue weighted by Gasteiger charge is -2.44. The number of alkyl halides is 4. The highest BCUT2D eigenvalue weighted by Gasteiger charge is 2.54. The van der Waals surface area contributed by atoms with E-state index in [0.717, 1.165) is 16.9 Å². The van der Waals surface area contributed by atoms with Crippen LogP contribution in [0.5, 0.6) is 0 Å². The van der Waals surface area contributed by atoms with E-state index in [9.17, 15) is 32.4 Å². The number of nitrogens with zero attached hydrogens (tertiary/aromatic N) is 3. The lowest BCUT2D eigenvalue weighted by atomic mass is 9.67. The Hall–Kier alpha value is -3.18. The lowest BCUT2D eigenvalue weighted by Crippen LogP contribution is -2.47. The Morgan fingerprint density at radius 3 is 2.52 bits per heavy atom. The van der Waals surface area contributed by atoms with Crippen molar-refractivity contribution in [2.75, 3.05) is 5.32 Å². The second-order valence-electron chi connectivity index (χ2n) is 8.33. The van der Waals surface area contributed by atoms with Gasteiger partial charge in [-0.1, -0.05) is 6.92 Å². The average molecular weight is 443 g/mol. The van der Waals surface area contributed by atoms with Crippen molar-refractivity contribution in [1.82, 2.24) is 9.78 Å². The van der Waals surface area contributed by atoms with Crippen molar-refractivity contribution in [3.05, 3.63) is 46.2 Å². The van der Waals surface area contributed by atoms with E-state index in [1.54, 1.807) is 6.92 Å². The first-order valence-electron chi connectivity index (χ1n) is 9.30. The van der Waals surface area contributed by atoms with E-state index >= 15 is 0 Å². The number of halogens is 4. The van der Waals surface area contributed by atoms with Crippen molar-refractivity contribution in [3.63, 3.8) is 0 Å². The molecule has 168 valence electrons. The van der Waals surface area contributed by atoms with Gasteiger partial charge in [-0.3, -0.25) is 14.3 Å². The highest BCUT2D eigenvalue weighted by molar-refractivity contribution is 6.04. The molecule has 31 heavy (non-hydrogen) atoms. The molecule has 0 bridgehead atoms. The number of carbonyl (C=O) groups excluding carboxylic acids is 2. The third-order valence-corrected chi connectivity index (χ3v) is 5.15. The smallest absolute Gasteiger partial charge is 0.314 e. The van der Waals surface area contributed by atoms with Crippen LogP contribution in [0.15, 0.2) is 18.3 Å². The number of pyridine rings is 1. The van der Waals surface area contributed by atoms with Gasteiger partial charge in [0, 0.05) is 44.0 Å². The third-order valence-electron chi connectivity index (χ3n) is 5.15. The van der Waals surface area contributed by atoms with E-state index in [0.29, 0.717) is 6.92 Å². The Labute approximate surface area is 174 Å². The second-order valence-corrected chi connectivity index (χ2v) is 8.33. The first-order valence-corrected chi connectivity index (χ1v) is 9.30. The molecule has 2 heterocycles. The topological polar surface area (TPSA) is 117 Å². The molecule has 0 atom stereocenters. The molecule has 1 saturated carbocycles. The highest BCUT2D eigenvalue weighted by Crippen LogP contribution is 2.52. The number of carbonyl (C=O) groups is 2. The number of aromatic nitrogens is 3. The van der Waals surface area contributed by atoms with E-state index in [-0.39, 0.29) is 28.2 Å². The summed E-state index contributed by atoms with van der Waals surface area (Å²) in [4.78, 5) is 24.2. The Balaban J connectivity index is 1.97. The van der Waals surface area contributed by atoms with Crippen molar-refractivity contribution in [2.45, 2.75) is 52.0 Å². The predicted molar refractivity (Wildman–Crippen MR) is 101 cm³/mol. The van der Waals surface area contributed by atoms with Crippen LogP contribution >= 0.6 is 0 Å². The summed E-state index contributed by atoms with van der Waals surface area (Å²) in [6, 6.07) is 2.23. The van der Waals surface area contributed by atoms with Crippen molar-refractivity contribution in [3.8, 4) is 0 Å². The van der Waals surface area contributed by atoms with Gasteiger partial charge >= 0.3 is 5.91 Å². The van der Waals surface area contributed by atoms with Crippen LogP contribution in [0, 0.1) is 17.5 Å². The summed E-state index contributed by atoms with van der Waals surface area (Å²) in [5.74, 6) is -8.09. The minimum absolute atomic E-state index is 0.0178. The number of hydrogen-bond acceptors (Lipinski definition) is 4. The van der Waals surface area contributed by atoms with Crippen LogP contribution in [0.25, 0.3) is 0 Å². The zero-order valence-electron chi connectivity index (χ0n) is 17.0. The van der Waals surface area contributed by atoms with Gasteiger partial charge < -0.3 is 16.3 Å². The molecular weight excluding hydrogens is 422 g/mol. The van der Waals surface area contributed by atoms with Crippen LogP contribution in [-0.4, -0.2) is 27.5 Å². The molecule has 8 nitrogen and oxygen atoms in total. The van der Waals surface area contributed by atoms with Crippen LogP contribution in [0.1, 0.15) is 58.9 Å². The maximum Gasteiger partial charge on any atom is 0.314 e. The zero-order chi connectivity index (χ0) is 23.4. The number of nitrogens with one attached hydrogen (secondary N) is 1. The van der Waals surface area contributed by atoms with Crippen molar-refractivity contribution in [1.29, 1.82) is 0 Å². The summed E-state index contributed by atoms with van der Waals surface area (Å²) in [7, 11) is 0. The number of rotatable bonds is 6. The fourth-order valence-electron chi connectivity index (χ4n) is 3.98. The Morgan fingerprint density at radius 1 is 1.39 bits per heavy atom. The van der Waals surface area contributed by atoms with Crippen LogP contribution < -0.4 is 15.8 Å². The lowest BCUT2D eigenvalue weighted by molar-refractivity contribution is -0.607. The van der Waals surface area contributed by atoms with E-state index in [2.05, 4.69) is 10.4 Å². The first kappa shape index (κ1) is 22.5. The summed E-state index contributed by atoms with van der Waals surface area (Å²) < 4.78 is 56.1. The molecule has 0 aliphatic heterocycles. The maximum absolute atomic E-state index is 14.0. The minimum atomic E-state index is -3.37. The molecule has 2 amide bonds. The van der Waals surface area contributed by atoms with Crippen molar-refractivity contribution < 1.29 is 31.9 Å². The molecular formula is C19H21F4N5O3. The van der Waals surface area contributed by atoms with E-state index in [4.69, 9.17) is 5.73 Å². The van der Waals surface area contributed by atoms with Gasteiger partial charge in [0.15, 0.2) is 6.20 Å². The molecule has 1 fully saturated rings. The number of nitrogens with two attached hydrogens (primary N) is 1. The molecule has 0 spiro atoms. The largest absolute Gasteiger partial charge is 0.618 e. The summed E-state index contributed by atoms with van der Waals surface area (Å²) in [6.07, 6.45) is 0.0346. The summed E-state index contributed by atoms with van der Waals surface area (Å²) in [5, 5.41) is 17.8. The second kappa shape index (κ2) is 7.20. The van der Waals surface area contributed by atoms with Gasteiger partial charge in [0.05, 0.1) is 5.69 Å². The number of hydrogen-bond donors (Lipinski definition) is 2. The van der Waals surface area contributed by atoms with Crippen LogP contribution in [-0.2, 0) is 12.5 Å². The van der Waals surface area contributed by atoms with E-state index < -0.39 is 53.3 Å². The van der Waals surface area contributed by atoms with Gasteiger partial charge in [-0.2, -0.15) is 18.6 Å². The molecule has 1 aliphatic carbocycles. The fourth-order valence-corrected chi connectivity index (χ4v) is 3.98. The zero-order valence-corrected chi connectivity index (χ0v) is 17.0. The van der Waals surface area contributed by atoms with Gasteiger partial charge in [0.2, 0.25) is 5.92 Å². The fraction of sp³-hybridized carbons (Fsp3) is 0.474. The Morgan fingerprint density at radius 2 is 2.00 bits per heavy atom. The van der Waals surface area contributed by atoms with Gasteiger partial charge in [0.25, 0.3) is 17.5 Å². The SMILES string of the molecule is Cc1c(C(C)(F)F)nn(CC2(C)CC(F)(F)C2)c1C(=O)Nc1cc[n+]([O-])c(C(N)=O)c1. The summed E-state index contributed by atoms with van der Waals surface area (Å²) in [5.41, 5.74) is 2.79. The number of amides is 2. The summed E-state index contributed by atoms with van der Waals surface area (Å²) in [6.45, 7) is 3.31. The maximum atomic E-state index is 14.0. The third kappa shape index (κ3) is 4.47. The molecule has 3 N–H and O–H groups in total. The summed E-state index contributed by atoms with van der Waals surface area (Å²) >= 11 is 0. The number of primary amides is 1. The molecule has 0 saturated heterocycles. The molecule has 3 rings (SSSR count). The monoisotopic (exact) mass is 443 g/mol. The molecule has 2 aromatic rings. The molecule has 0 unspecified atom stereocenters. The minimum Gasteiger partial charge on any atom is -0.618 e. The quantitative estimate of drug-likeness (QED) is 0.406. The Bertz CT molecular complexity index is 1050. The molecule has 0 aromatic carbocycles. The molecule has 2 aromatic heterocycles. The molecule has 0 radical (unpaired) electrons. The average Bonchev–Trinajstić information content (AvgIpc) is 2.90. The number of anilines is 1. The van der Waals surface area contributed by atoms with Crippen LogP contribution in [0.3, 0.4) is 0 Å². The van der Waals surface area contributed by atoms with E-state index in [1.807, 2.05) is 0 Å². The highest BCUT2D eigenvalue weighted by atomic mass is 19.3. The van der Waals surface area contributed by atoms with Crippen molar-refractivity contribution in [2.24, 2.45) is 11.1 Å². The Kier molecular flexibility index (Phi) is 5.23. The first-order chi connectivity index (χ1) is 14.1. The van der Waals surface area contributed by atoms with Crippen LogP contribution in [0.4, 0.5) is 23.2 Å². The van der Waals surface area contributed by atoms with Crippen molar-refractivity contribution >= 4 is 17.5 Å². The van der Waals surface area contributed by atoms with Gasteiger partial charge in [-0.15, -0.1) is 0 Å². The standard InChI is InChI=1S/C19H21F4N5O3/c1-10-13(16(30)25-11-4-5-28(31)12(6-11)15(24)29)27(26-14(10)18(3,20)21)9-17(2)7-19(22,23)8-17/h4-6H,7-9H2,1-3H3,(H2,24,29)(H,25,30).